The Balaban J connectivity index is 1.72. The average Bonchev–Trinajstić information content (AvgIpc) is 3.03. The van der Waals surface area contributed by atoms with E-state index in [-0.39, 0.29) is 5.91 Å². The van der Waals surface area contributed by atoms with Crippen LogP contribution in [-0.2, 0) is 26.4 Å². The number of nitrogens with zero attached hydrogens (tertiary/aromatic N) is 3. The molecule has 0 atom stereocenters. The summed E-state index contributed by atoms with van der Waals surface area (Å²) in [6.45, 7) is 0.606. The Kier molecular flexibility index (Phi) is 3.14. The first-order valence-electron chi connectivity index (χ1n) is 6.48. The van der Waals surface area contributed by atoms with Gasteiger partial charge in [0, 0.05) is 37.3 Å². The number of carbonyl (C=O) groups excluding carboxylic acids is 1. The van der Waals surface area contributed by atoms with Crippen LogP contribution in [0.1, 0.15) is 32.1 Å². The van der Waals surface area contributed by atoms with Gasteiger partial charge in [-0.05, 0) is 30.9 Å². The molecule has 0 N–H and O–H groups in total. The summed E-state index contributed by atoms with van der Waals surface area (Å²) in [5, 5.41) is 4.12. The first-order valence-corrected chi connectivity index (χ1v) is 7.29. The van der Waals surface area contributed by atoms with Crippen molar-refractivity contribution < 1.29 is 4.79 Å². The minimum atomic E-state index is 0.114. The average molecular weight is 275 g/mol. The highest BCUT2D eigenvalue weighted by molar-refractivity contribution is 7.14. The molecular weight excluding hydrogens is 258 g/mol. The first-order chi connectivity index (χ1) is 9.13. The summed E-state index contributed by atoms with van der Waals surface area (Å²) in [7, 11) is 3.73. The molecule has 3 rings (SSSR count). The van der Waals surface area contributed by atoms with Crippen molar-refractivity contribution in [3.8, 4) is 0 Å². The van der Waals surface area contributed by atoms with Gasteiger partial charge < -0.3 is 4.90 Å². The van der Waals surface area contributed by atoms with Gasteiger partial charge in [0.2, 0.25) is 0 Å². The number of amides is 1. The van der Waals surface area contributed by atoms with Crippen molar-refractivity contribution in [1.82, 2.24) is 14.7 Å². The van der Waals surface area contributed by atoms with Gasteiger partial charge in [-0.25, -0.2) is 0 Å². The molecule has 5 heteroatoms. The second kappa shape index (κ2) is 4.81. The molecule has 0 saturated heterocycles. The van der Waals surface area contributed by atoms with Crippen molar-refractivity contribution in [3.05, 3.63) is 39.3 Å². The minimum absolute atomic E-state index is 0.114. The number of fused-ring (bicyclic) bond motifs is 1. The van der Waals surface area contributed by atoms with Crippen LogP contribution in [0.3, 0.4) is 0 Å². The fourth-order valence-corrected chi connectivity index (χ4v) is 3.77. The highest BCUT2D eigenvalue weighted by atomic mass is 32.1. The quantitative estimate of drug-likeness (QED) is 0.861. The third kappa shape index (κ3) is 2.42. The van der Waals surface area contributed by atoms with Gasteiger partial charge in [0.15, 0.2) is 0 Å². The highest BCUT2D eigenvalue weighted by Gasteiger charge is 2.20. The highest BCUT2D eigenvalue weighted by Crippen LogP contribution is 2.31. The number of thiophene rings is 1. The molecule has 1 aliphatic carbocycles. The van der Waals surface area contributed by atoms with Crippen LogP contribution in [-0.4, -0.2) is 27.6 Å². The van der Waals surface area contributed by atoms with E-state index in [0.717, 1.165) is 23.3 Å². The summed E-state index contributed by atoms with van der Waals surface area (Å²) in [6.07, 6.45) is 7.25. The maximum absolute atomic E-state index is 12.4. The van der Waals surface area contributed by atoms with E-state index in [2.05, 4.69) is 11.2 Å². The van der Waals surface area contributed by atoms with E-state index >= 15 is 0 Å². The SMILES string of the molecule is CN(Cc1cnn(C)c1)C(=O)c1cc2c(s1)CCC2. The summed E-state index contributed by atoms with van der Waals surface area (Å²) in [5.41, 5.74) is 2.44. The predicted octanol–water partition coefficient (Wildman–Crippen LogP) is 2.24. The zero-order valence-corrected chi connectivity index (χ0v) is 12.0. The van der Waals surface area contributed by atoms with Crippen LogP contribution in [0.25, 0.3) is 0 Å². The molecule has 0 unspecified atom stereocenters. The molecule has 2 aromatic rings. The molecule has 19 heavy (non-hydrogen) atoms. The van der Waals surface area contributed by atoms with Crippen molar-refractivity contribution in [2.75, 3.05) is 7.05 Å². The molecule has 1 amide bonds. The Labute approximate surface area is 116 Å². The van der Waals surface area contributed by atoms with Gasteiger partial charge in [-0.3, -0.25) is 9.48 Å². The second-order valence-corrected chi connectivity index (χ2v) is 6.23. The number of aryl methyl sites for hydroxylation is 3. The molecule has 0 radical (unpaired) electrons. The summed E-state index contributed by atoms with van der Waals surface area (Å²) >= 11 is 1.66. The Morgan fingerprint density at radius 2 is 2.37 bits per heavy atom. The Bertz CT molecular complexity index is 592. The van der Waals surface area contributed by atoms with Crippen LogP contribution in [0.15, 0.2) is 18.5 Å². The molecular formula is C14H17N3OS. The van der Waals surface area contributed by atoms with Crippen LogP contribution in [0, 0.1) is 0 Å². The van der Waals surface area contributed by atoms with Crippen LogP contribution in [0.4, 0.5) is 0 Å². The number of hydrogen-bond acceptors (Lipinski definition) is 3. The molecule has 2 aromatic heterocycles. The zero-order chi connectivity index (χ0) is 13.4. The van der Waals surface area contributed by atoms with Crippen molar-refractivity contribution in [2.24, 2.45) is 7.05 Å². The standard InChI is InChI=1S/C14H17N3OS/c1-16(8-10-7-15-17(2)9-10)14(18)13-6-11-4-3-5-12(11)19-13/h6-7,9H,3-5,8H2,1-2H3. The summed E-state index contributed by atoms with van der Waals surface area (Å²) in [4.78, 5) is 16.4. The molecule has 0 bridgehead atoms. The molecule has 100 valence electrons. The maximum Gasteiger partial charge on any atom is 0.263 e. The summed E-state index contributed by atoms with van der Waals surface area (Å²) in [6, 6.07) is 2.08. The van der Waals surface area contributed by atoms with Gasteiger partial charge >= 0.3 is 0 Å². The fourth-order valence-electron chi connectivity index (χ4n) is 2.52. The Hall–Kier alpha value is -1.62. The normalized spacial score (nSPS) is 13.6. The molecule has 0 spiro atoms. The molecule has 0 aromatic carbocycles. The monoisotopic (exact) mass is 275 g/mol. The van der Waals surface area contributed by atoms with Crippen molar-refractivity contribution >= 4 is 17.2 Å². The zero-order valence-electron chi connectivity index (χ0n) is 11.2. The summed E-state index contributed by atoms with van der Waals surface area (Å²) in [5.74, 6) is 0.114. The van der Waals surface area contributed by atoms with E-state index in [1.165, 1.54) is 16.9 Å². The van der Waals surface area contributed by atoms with Crippen LogP contribution >= 0.6 is 11.3 Å². The largest absolute Gasteiger partial charge is 0.337 e. The van der Waals surface area contributed by atoms with E-state index in [9.17, 15) is 4.79 Å². The van der Waals surface area contributed by atoms with Crippen LogP contribution in [0.5, 0.6) is 0 Å². The van der Waals surface area contributed by atoms with E-state index in [4.69, 9.17) is 0 Å². The maximum atomic E-state index is 12.4. The smallest absolute Gasteiger partial charge is 0.263 e. The molecule has 0 saturated carbocycles. The topological polar surface area (TPSA) is 38.1 Å². The van der Waals surface area contributed by atoms with Crippen molar-refractivity contribution in [3.63, 3.8) is 0 Å². The van der Waals surface area contributed by atoms with E-state index in [0.29, 0.717) is 6.54 Å². The molecule has 2 heterocycles. The van der Waals surface area contributed by atoms with Gasteiger partial charge in [0.1, 0.15) is 0 Å². The van der Waals surface area contributed by atoms with Crippen LogP contribution < -0.4 is 0 Å². The molecule has 0 fully saturated rings. The van der Waals surface area contributed by atoms with Gasteiger partial charge in [-0.2, -0.15) is 5.10 Å². The van der Waals surface area contributed by atoms with Gasteiger partial charge in [0.25, 0.3) is 5.91 Å². The Morgan fingerprint density at radius 3 is 3.05 bits per heavy atom. The number of carbonyl (C=O) groups is 1. The third-order valence-electron chi connectivity index (χ3n) is 3.48. The lowest BCUT2D eigenvalue weighted by Crippen LogP contribution is -2.25. The molecule has 1 aliphatic rings. The van der Waals surface area contributed by atoms with Crippen LogP contribution in [0.2, 0.25) is 0 Å². The first kappa shape index (κ1) is 12.4. The summed E-state index contributed by atoms with van der Waals surface area (Å²) < 4.78 is 1.76. The lowest BCUT2D eigenvalue weighted by molar-refractivity contribution is 0.0790. The fraction of sp³-hybridized carbons (Fsp3) is 0.429. The van der Waals surface area contributed by atoms with Crippen molar-refractivity contribution in [2.45, 2.75) is 25.8 Å². The van der Waals surface area contributed by atoms with Gasteiger partial charge in [-0.1, -0.05) is 0 Å². The van der Waals surface area contributed by atoms with E-state index < -0.39 is 0 Å². The number of rotatable bonds is 3. The number of hydrogen-bond donors (Lipinski definition) is 0. The van der Waals surface area contributed by atoms with E-state index in [1.54, 1.807) is 27.1 Å². The number of aromatic nitrogens is 2. The minimum Gasteiger partial charge on any atom is -0.337 e. The third-order valence-corrected chi connectivity index (χ3v) is 4.71. The lowest BCUT2D eigenvalue weighted by Gasteiger charge is -2.15. The van der Waals surface area contributed by atoms with Crippen molar-refractivity contribution in [1.29, 1.82) is 0 Å². The van der Waals surface area contributed by atoms with Gasteiger partial charge in [-0.15, -0.1) is 11.3 Å². The molecule has 0 aliphatic heterocycles. The molecule has 4 nitrogen and oxygen atoms in total. The van der Waals surface area contributed by atoms with E-state index in [1.807, 2.05) is 20.3 Å². The Morgan fingerprint density at radius 1 is 1.53 bits per heavy atom. The van der Waals surface area contributed by atoms with Gasteiger partial charge in [0.05, 0.1) is 11.1 Å². The predicted molar refractivity (Wildman–Crippen MR) is 75.3 cm³/mol. The lowest BCUT2D eigenvalue weighted by atomic mass is 10.2. The second-order valence-electron chi connectivity index (χ2n) is 5.10.